The fourth-order valence-electron chi connectivity index (χ4n) is 3.82. The smallest absolute Gasteiger partial charge is 0.270 e. The molecule has 2 N–H and O–H groups in total. The number of aromatic amines is 1. The van der Waals surface area contributed by atoms with Crippen LogP contribution in [0.5, 0.6) is 0 Å². The van der Waals surface area contributed by atoms with E-state index in [4.69, 9.17) is 6.57 Å². The zero-order valence-corrected chi connectivity index (χ0v) is 15.1. The topological polar surface area (TPSA) is 49.2 Å². The van der Waals surface area contributed by atoms with Gasteiger partial charge in [-0.15, -0.1) is 0 Å². The van der Waals surface area contributed by atoms with E-state index in [1.165, 1.54) is 12.1 Å². The van der Waals surface area contributed by atoms with Gasteiger partial charge in [0.15, 0.2) is 5.82 Å². The van der Waals surface area contributed by atoms with Crippen LogP contribution in [0.2, 0.25) is 0 Å². The molecule has 0 saturated heterocycles. The van der Waals surface area contributed by atoms with Crippen LogP contribution in [-0.4, -0.2) is 23.5 Å². The molecule has 3 aromatic rings. The van der Waals surface area contributed by atoms with E-state index < -0.39 is 11.7 Å². The molecule has 1 heterocycles. The van der Waals surface area contributed by atoms with Gasteiger partial charge >= 0.3 is 0 Å². The maximum Gasteiger partial charge on any atom is 0.270 e. The highest BCUT2D eigenvalue weighted by Gasteiger charge is 2.29. The van der Waals surface area contributed by atoms with Crippen LogP contribution in [0.15, 0.2) is 42.5 Å². The molecule has 2 atom stereocenters. The van der Waals surface area contributed by atoms with Gasteiger partial charge in [0, 0.05) is 30.3 Å². The van der Waals surface area contributed by atoms with Crippen molar-refractivity contribution in [3.05, 3.63) is 71.2 Å². The summed E-state index contributed by atoms with van der Waals surface area (Å²) in [5.74, 6) is -1.12. The summed E-state index contributed by atoms with van der Waals surface area (Å²) in [7, 11) is 0. The van der Waals surface area contributed by atoms with E-state index in [9.17, 15) is 13.6 Å². The van der Waals surface area contributed by atoms with Gasteiger partial charge in [0.25, 0.3) is 5.91 Å². The molecular weight excluding hydrogens is 360 g/mol. The normalized spacial score (nSPS) is 18.9. The Bertz CT molecular complexity index is 1070. The number of fused-ring (bicyclic) bond motifs is 1. The van der Waals surface area contributed by atoms with Crippen molar-refractivity contribution in [3.63, 3.8) is 0 Å². The lowest BCUT2D eigenvalue weighted by Gasteiger charge is -2.09. The number of hydrogen-bond acceptors (Lipinski definition) is 1. The summed E-state index contributed by atoms with van der Waals surface area (Å²) in [4.78, 5) is 18.9. The lowest BCUT2D eigenvalue weighted by molar-refractivity contribution is 0.0939. The molecule has 0 radical (unpaired) electrons. The maximum absolute atomic E-state index is 14.7. The molecule has 1 amide bonds. The molecule has 1 saturated carbocycles. The summed E-state index contributed by atoms with van der Waals surface area (Å²) in [5, 5.41) is 3.12. The average molecular weight is 379 g/mol. The molecular formula is C22H19F2N3O. The predicted molar refractivity (Wildman–Crippen MR) is 104 cm³/mol. The van der Waals surface area contributed by atoms with Crippen LogP contribution in [0, 0.1) is 24.1 Å². The monoisotopic (exact) mass is 379 g/mol. The minimum Gasteiger partial charge on any atom is -0.350 e. The van der Waals surface area contributed by atoms with E-state index in [0.29, 0.717) is 17.4 Å². The van der Waals surface area contributed by atoms with E-state index in [-0.39, 0.29) is 23.5 Å². The molecule has 1 aliphatic carbocycles. The largest absolute Gasteiger partial charge is 0.350 e. The number of halogens is 2. The average Bonchev–Trinajstić information content (AvgIpc) is 3.31. The Morgan fingerprint density at radius 1 is 1.14 bits per heavy atom. The van der Waals surface area contributed by atoms with Crippen molar-refractivity contribution in [2.24, 2.45) is 5.92 Å². The summed E-state index contributed by atoms with van der Waals surface area (Å²) in [6.07, 6.45) is 2.54. The summed E-state index contributed by atoms with van der Waals surface area (Å²) >= 11 is 0. The third-order valence-electron chi connectivity index (χ3n) is 5.39. The van der Waals surface area contributed by atoms with Gasteiger partial charge in [0.1, 0.15) is 11.5 Å². The number of hydrogen-bond donors (Lipinski definition) is 2. The molecule has 0 unspecified atom stereocenters. The van der Waals surface area contributed by atoms with Crippen molar-refractivity contribution in [2.75, 3.05) is 6.54 Å². The fourth-order valence-corrected chi connectivity index (χ4v) is 3.82. The van der Waals surface area contributed by atoms with E-state index >= 15 is 0 Å². The van der Waals surface area contributed by atoms with Gasteiger partial charge in [-0.3, -0.25) is 4.79 Å². The highest BCUT2D eigenvalue weighted by Crippen LogP contribution is 2.29. The molecule has 1 fully saturated rings. The number of carbonyl (C=O) groups excluding carboxylic acids is 1. The van der Waals surface area contributed by atoms with E-state index in [0.717, 1.165) is 30.4 Å². The lowest BCUT2D eigenvalue weighted by Crippen LogP contribution is -2.29. The molecule has 6 heteroatoms. The summed E-state index contributed by atoms with van der Waals surface area (Å²) in [6, 6.07) is 11.2. The second-order valence-corrected chi connectivity index (χ2v) is 7.25. The zero-order chi connectivity index (χ0) is 19.7. The van der Waals surface area contributed by atoms with E-state index in [2.05, 4.69) is 15.1 Å². The van der Waals surface area contributed by atoms with Crippen LogP contribution in [0.25, 0.3) is 26.9 Å². The highest BCUT2D eigenvalue weighted by atomic mass is 19.1. The second kappa shape index (κ2) is 7.43. The Morgan fingerprint density at radius 3 is 2.61 bits per heavy atom. The Hall–Kier alpha value is -3.20. The van der Waals surface area contributed by atoms with Gasteiger partial charge in [-0.05, 0) is 47.7 Å². The first-order valence-electron chi connectivity index (χ1n) is 9.27. The van der Waals surface area contributed by atoms with Gasteiger partial charge in [-0.1, -0.05) is 18.2 Å². The van der Waals surface area contributed by atoms with Crippen molar-refractivity contribution >= 4 is 16.8 Å². The zero-order valence-electron chi connectivity index (χ0n) is 15.1. The van der Waals surface area contributed by atoms with E-state index in [1.807, 2.05) is 0 Å². The Balaban J connectivity index is 1.53. The number of carbonyl (C=O) groups is 1. The van der Waals surface area contributed by atoms with Crippen molar-refractivity contribution in [1.29, 1.82) is 0 Å². The SMILES string of the molecule is [C-]#[N+][C@@H]1CC[C@H](CNC(=O)c2[nH]c3cc(-c4ccc(F)cc4)ccc3c2F)C1. The molecule has 4 nitrogen and oxygen atoms in total. The number of nitrogens with zero attached hydrogens (tertiary/aromatic N) is 1. The Kier molecular flexibility index (Phi) is 4.82. The van der Waals surface area contributed by atoms with Crippen molar-refractivity contribution in [3.8, 4) is 11.1 Å². The second-order valence-electron chi connectivity index (χ2n) is 7.25. The minimum absolute atomic E-state index is 0.0385. The van der Waals surface area contributed by atoms with Gasteiger partial charge in [0.2, 0.25) is 6.04 Å². The Morgan fingerprint density at radius 2 is 1.89 bits per heavy atom. The van der Waals surface area contributed by atoms with Crippen LogP contribution >= 0.6 is 0 Å². The summed E-state index contributed by atoms with van der Waals surface area (Å²) in [5.41, 5.74) is 2.03. The van der Waals surface area contributed by atoms with Crippen LogP contribution in [-0.2, 0) is 0 Å². The molecule has 4 rings (SSSR count). The molecule has 1 aromatic heterocycles. The third-order valence-corrected chi connectivity index (χ3v) is 5.39. The molecule has 2 aromatic carbocycles. The number of rotatable bonds is 4. The van der Waals surface area contributed by atoms with E-state index in [1.54, 1.807) is 30.3 Å². The highest BCUT2D eigenvalue weighted by molar-refractivity contribution is 5.99. The first kappa shape index (κ1) is 18.2. The predicted octanol–water partition coefficient (Wildman–Crippen LogP) is 4.93. The number of nitrogens with one attached hydrogen (secondary N) is 2. The minimum atomic E-state index is -0.580. The number of H-pyrrole nitrogens is 1. The van der Waals surface area contributed by atoms with Crippen molar-refractivity contribution in [2.45, 2.75) is 25.3 Å². The summed E-state index contributed by atoms with van der Waals surface area (Å²) < 4.78 is 27.8. The fraction of sp³-hybridized carbons (Fsp3) is 0.273. The van der Waals surface area contributed by atoms with Gasteiger partial charge < -0.3 is 15.1 Å². The molecule has 1 aliphatic rings. The van der Waals surface area contributed by atoms with Crippen LogP contribution in [0.1, 0.15) is 29.8 Å². The maximum atomic E-state index is 14.7. The third kappa shape index (κ3) is 3.48. The van der Waals surface area contributed by atoms with Crippen molar-refractivity contribution < 1.29 is 13.6 Å². The number of amides is 1. The quantitative estimate of drug-likeness (QED) is 0.621. The number of aromatic nitrogens is 1. The van der Waals surface area contributed by atoms with Crippen LogP contribution in [0.3, 0.4) is 0 Å². The first-order chi connectivity index (χ1) is 13.5. The standard InChI is InChI=1S/C22H19F2N3O/c1-25-17-8-2-13(10-17)12-26-22(28)21-20(24)18-9-5-15(11-19(18)27-21)14-3-6-16(23)7-4-14/h3-7,9,11,13,17,27H,2,8,10,12H2,(H,26,28)/t13-,17+/m0/s1. The summed E-state index contributed by atoms with van der Waals surface area (Å²) in [6.45, 7) is 7.53. The number of benzene rings is 2. The van der Waals surface area contributed by atoms with Gasteiger partial charge in [0.05, 0.1) is 0 Å². The van der Waals surface area contributed by atoms with Gasteiger partial charge in [-0.25, -0.2) is 15.4 Å². The Labute approximate surface area is 161 Å². The lowest BCUT2D eigenvalue weighted by atomic mass is 10.0. The molecule has 28 heavy (non-hydrogen) atoms. The van der Waals surface area contributed by atoms with Gasteiger partial charge in [-0.2, -0.15) is 0 Å². The molecule has 142 valence electrons. The molecule has 0 spiro atoms. The molecule has 0 bridgehead atoms. The van der Waals surface area contributed by atoms with Crippen LogP contribution < -0.4 is 5.32 Å². The van der Waals surface area contributed by atoms with Crippen LogP contribution in [0.4, 0.5) is 8.78 Å². The first-order valence-corrected chi connectivity index (χ1v) is 9.27. The molecule has 0 aliphatic heterocycles. The van der Waals surface area contributed by atoms with Crippen molar-refractivity contribution in [1.82, 2.24) is 10.3 Å².